The highest BCUT2D eigenvalue weighted by atomic mass is 35.5. The molecule has 0 saturated heterocycles. The lowest BCUT2D eigenvalue weighted by Gasteiger charge is -2.23. The number of amides is 1. The second-order valence-corrected chi connectivity index (χ2v) is 6.82. The summed E-state index contributed by atoms with van der Waals surface area (Å²) in [7, 11) is 0. The van der Waals surface area contributed by atoms with Gasteiger partial charge in [-0.25, -0.2) is 0 Å². The number of aliphatic hydroxyl groups is 1. The molecule has 0 spiro atoms. The molecule has 1 amide bonds. The Kier molecular flexibility index (Phi) is 4.42. The van der Waals surface area contributed by atoms with Crippen molar-refractivity contribution in [1.29, 1.82) is 0 Å². The van der Waals surface area contributed by atoms with E-state index in [1.807, 2.05) is 54.6 Å². The molecule has 1 aliphatic rings. The minimum absolute atomic E-state index is 0.0514. The molecule has 3 unspecified atom stereocenters. The van der Waals surface area contributed by atoms with Crippen LogP contribution in [0.5, 0.6) is 0 Å². The Labute approximate surface area is 141 Å². The van der Waals surface area contributed by atoms with Crippen molar-refractivity contribution in [2.45, 2.75) is 37.3 Å². The number of nitrogens with one attached hydrogen (secondary N) is 1. The van der Waals surface area contributed by atoms with Crippen LogP contribution in [0.3, 0.4) is 0 Å². The molecular weight excluding hydrogens is 310 g/mol. The maximum Gasteiger partial charge on any atom is 0.223 e. The number of benzene rings is 2. The van der Waals surface area contributed by atoms with Crippen LogP contribution in [0.4, 0.5) is 0 Å². The van der Waals surface area contributed by atoms with E-state index in [1.54, 1.807) is 6.92 Å². The third-order valence-electron chi connectivity index (χ3n) is 4.31. The van der Waals surface area contributed by atoms with Crippen molar-refractivity contribution >= 4 is 17.5 Å². The van der Waals surface area contributed by atoms with Crippen LogP contribution in [0.25, 0.3) is 0 Å². The first kappa shape index (κ1) is 16.0. The molecule has 0 bridgehead atoms. The molecule has 1 saturated carbocycles. The summed E-state index contributed by atoms with van der Waals surface area (Å²) in [6.07, 6.45) is 0.968. The first-order valence-corrected chi connectivity index (χ1v) is 8.16. The maximum absolute atomic E-state index is 12.2. The van der Waals surface area contributed by atoms with E-state index >= 15 is 0 Å². The first-order chi connectivity index (χ1) is 11.0. The van der Waals surface area contributed by atoms with Gasteiger partial charge in [0.25, 0.3) is 0 Å². The summed E-state index contributed by atoms with van der Waals surface area (Å²) in [5.74, 6) is 0.188. The predicted octanol–water partition coefficient (Wildman–Crippen LogP) is 3.61. The van der Waals surface area contributed by atoms with Crippen molar-refractivity contribution in [2.75, 3.05) is 0 Å². The van der Waals surface area contributed by atoms with Crippen molar-refractivity contribution in [3.05, 3.63) is 70.7 Å². The molecule has 120 valence electrons. The molecule has 2 aromatic carbocycles. The number of carbonyl (C=O) groups excluding carboxylic acids is 1. The molecule has 23 heavy (non-hydrogen) atoms. The number of halogens is 1. The largest absolute Gasteiger partial charge is 0.385 e. The average molecular weight is 330 g/mol. The first-order valence-electron chi connectivity index (χ1n) is 7.78. The number of rotatable bonds is 5. The quantitative estimate of drug-likeness (QED) is 0.880. The van der Waals surface area contributed by atoms with E-state index in [4.69, 9.17) is 11.6 Å². The number of hydrogen-bond donors (Lipinski definition) is 2. The van der Waals surface area contributed by atoms with Crippen molar-refractivity contribution in [2.24, 2.45) is 0 Å². The van der Waals surface area contributed by atoms with E-state index in [0.717, 1.165) is 17.5 Å². The highest BCUT2D eigenvalue weighted by Gasteiger charge is 2.40. The fraction of sp³-hybridized carbons (Fsp3) is 0.316. The molecule has 0 heterocycles. The summed E-state index contributed by atoms with van der Waals surface area (Å²) in [4.78, 5) is 12.2. The van der Waals surface area contributed by atoms with E-state index in [2.05, 4.69) is 5.32 Å². The Hall–Kier alpha value is -1.84. The van der Waals surface area contributed by atoms with E-state index in [1.165, 1.54) is 0 Å². The predicted molar refractivity (Wildman–Crippen MR) is 91.4 cm³/mol. The summed E-state index contributed by atoms with van der Waals surface area (Å²) in [6.45, 7) is 1.67. The third-order valence-corrected chi connectivity index (χ3v) is 4.55. The Morgan fingerprint density at radius 3 is 2.70 bits per heavy atom. The second kappa shape index (κ2) is 6.34. The van der Waals surface area contributed by atoms with Crippen LogP contribution in [0, 0.1) is 0 Å². The molecule has 4 heteroatoms. The van der Waals surface area contributed by atoms with Crippen LogP contribution in [0.2, 0.25) is 5.02 Å². The van der Waals surface area contributed by atoms with Crippen molar-refractivity contribution in [3.63, 3.8) is 0 Å². The van der Waals surface area contributed by atoms with E-state index in [0.29, 0.717) is 10.9 Å². The van der Waals surface area contributed by atoms with Gasteiger partial charge < -0.3 is 10.4 Å². The second-order valence-electron chi connectivity index (χ2n) is 6.39. The molecule has 3 nitrogen and oxygen atoms in total. The molecular formula is C19H20ClNO2. The SMILES string of the molecule is CC(O)(CC(=O)NC1CC1c1cccc(Cl)c1)c1ccccc1. The van der Waals surface area contributed by atoms with Gasteiger partial charge in [0.1, 0.15) is 0 Å². The molecule has 2 N–H and O–H groups in total. The minimum Gasteiger partial charge on any atom is -0.385 e. The molecule has 0 aromatic heterocycles. The monoisotopic (exact) mass is 329 g/mol. The fourth-order valence-electron chi connectivity index (χ4n) is 2.93. The molecule has 1 aliphatic carbocycles. The van der Waals surface area contributed by atoms with Gasteiger partial charge in [0.05, 0.1) is 12.0 Å². The Bertz CT molecular complexity index is 700. The number of hydrogen-bond acceptors (Lipinski definition) is 2. The van der Waals surface area contributed by atoms with Gasteiger partial charge in [0.15, 0.2) is 0 Å². The fourth-order valence-corrected chi connectivity index (χ4v) is 3.13. The topological polar surface area (TPSA) is 49.3 Å². The molecule has 3 rings (SSSR count). The third kappa shape index (κ3) is 3.92. The molecule has 1 fully saturated rings. The van der Waals surface area contributed by atoms with Gasteiger partial charge in [-0.05, 0) is 36.6 Å². The number of carbonyl (C=O) groups is 1. The van der Waals surface area contributed by atoms with Gasteiger partial charge in [0.2, 0.25) is 5.91 Å². The van der Waals surface area contributed by atoms with Crippen LogP contribution in [-0.4, -0.2) is 17.1 Å². The van der Waals surface area contributed by atoms with Crippen LogP contribution < -0.4 is 5.32 Å². The van der Waals surface area contributed by atoms with Gasteiger partial charge in [-0.1, -0.05) is 54.1 Å². The smallest absolute Gasteiger partial charge is 0.223 e. The summed E-state index contributed by atoms with van der Waals surface area (Å²) in [5, 5.41) is 14.3. The Morgan fingerprint density at radius 2 is 2.00 bits per heavy atom. The highest BCUT2D eigenvalue weighted by Crippen LogP contribution is 2.41. The maximum atomic E-state index is 12.2. The van der Waals surface area contributed by atoms with Crippen LogP contribution in [-0.2, 0) is 10.4 Å². The molecule has 2 aromatic rings. The van der Waals surface area contributed by atoms with Gasteiger partial charge in [-0.3, -0.25) is 4.79 Å². The summed E-state index contributed by atoms with van der Waals surface area (Å²) in [6, 6.07) is 17.1. The molecule has 3 atom stereocenters. The Balaban J connectivity index is 1.57. The van der Waals surface area contributed by atoms with E-state index < -0.39 is 5.60 Å². The van der Waals surface area contributed by atoms with Crippen molar-refractivity contribution in [1.82, 2.24) is 5.32 Å². The lowest BCUT2D eigenvalue weighted by atomic mass is 9.92. The van der Waals surface area contributed by atoms with E-state index in [9.17, 15) is 9.90 Å². The van der Waals surface area contributed by atoms with Crippen molar-refractivity contribution in [3.8, 4) is 0 Å². The Morgan fingerprint density at radius 1 is 1.26 bits per heavy atom. The minimum atomic E-state index is -1.16. The summed E-state index contributed by atoms with van der Waals surface area (Å²) >= 11 is 6.00. The van der Waals surface area contributed by atoms with Gasteiger partial charge in [-0.2, -0.15) is 0 Å². The van der Waals surface area contributed by atoms with Gasteiger partial charge >= 0.3 is 0 Å². The highest BCUT2D eigenvalue weighted by molar-refractivity contribution is 6.30. The average Bonchev–Trinajstić information content (AvgIpc) is 3.26. The van der Waals surface area contributed by atoms with Gasteiger partial charge in [0, 0.05) is 17.0 Å². The van der Waals surface area contributed by atoms with Crippen LogP contribution in [0.15, 0.2) is 54.6 Å². The molecule has 0 aliphatic heterocycles. The normalized spacial score (nSPS) is 22.2. The zero-order valence-electron chi connectivity index (χ0n) is 13.0. The van der Waals surface area contributed by atoms with E-state index in [-0.39, 0.29) is 18.4 Å². The lowest BCUT2D eigenvalue weighted by molar-refractivity contribution is -0.126. The standard InChI is InChI=1S/C19H20ClNO2/c1-19(23,14-7-3-2-4-8-14)12-18(22)21-17-11-16(17)13-6-5-9-15(20)10-13/h2-10,16-17,23H,11-12H2,1H3,(H,21,22). The zero-order chi connectivity index (χ0) is 16.4. The van der Waals surface area contributed by atoms with Gasteiger partial charge in [-0.15, -0.1) is 0 Å². The molecule has 0 radical (unpaired) electrons. The van der Waals surface area contributed by atoms with Crippen LogP contribution in [0.1, 0.15) is 36.8 Å². The summed E-state index contributed by atoms with van der Waals surface area (Å²) in [5.41, 5.74) is 0.737. The van der Waals surface area contributed by atoms with Crippen LogP contribution >= 0.6 is 11.6 Å². The van der Waals surface area contributed by atoms with Crippen molar-refractivity contribution < 1.29 is 9.90 Å². The summed E-state index contributed by atoms with van der Waals surface area (Å²) < 4.78 is 0. The zero-order valence-corrected chi connectivity index (χ0v) is 13.8. The lowest BCUT2D eigenvalue weighted by Crippen LogP contribution is -2.34.